The highest BCUT2D eigenvalue weighted by Crippen LogP contribution is 2.22. The van der Waals surface area contributed by atoms with E-state index in [4.69, 9.17) is 0 Å². The maximum absolute atomic E-state index is 12.8. The van der Waals surface area contributed by atoms with Crippen LogP contribution in [-0.4, -0.2) is 41.3 Å². The zero-order chi connectivity index (χ0) is 23.4. The van der Waals surface area contributed by atoms with Crippen LogP contribution in [0.2, 0.25) is 0 Å². The van der Waals surface area contributed by atoms with Gasteiger partial charge in [0.1, 0.15) is 5.82 Å². The van der Waals surface area contributed by atoms with Crippen molar-refractivity contribution in [3.63, 3.8) is 0 Å². The van der Waals surface area contributed by atoms with Gasteiger partial charge < -0.3 is 9.88 Å². The molecule has 2 heterocycles. The first-order valence-electron chi connectivity index (χ1n) is 11.2. The van der Waals surface area contributed by atoms with Crippen LogP contribution in [0.25, 0.3) is 5.69 Å². The van der Waals surface area contributed by atoms with Gasteiger partial charge in [0.15, 0.2) is 0 Å². The predicted octanol–water partition coefficient (Wildman–Crippen LogP) is 3.35. The molecule has 1 aliphatic heterocycles. The second kappa shape index (κ2) is 9.89. The second-order valence-electron chi connectivity index (χ2n) is 8.65. The summed E-state index contributed by atoms with van der Waals surface area (Å²) < 4.78 is 29.1. The molecule has 8 heteroatoms. The molecular formula is C25H30N4O3S. The van der Waals surface area contributed by atoms with E-state index in [1.54, 1.807) is 6.20 Å². The molecule has 33 heavy (non-hydrogen) atoms. The molecule has 7 nitrogen and oxygen atoms in total. The van der Waals surface area contributed by atoms with E-state index in [1.807, 2.05) is 73.1 Å². The molecule has 0 bridgehead atoms. The number of rotatable bonds is 7. The van der Waals surface area contributed by atoms with Crippen molar-refractivity contribution in [1.82, 2.24) is 19.2 Å². The van der Waals surface area contributed by atoms with E-state index in [9.17, 15) is 13.2 Å². The maximum Gasteiger partial charge on any atom is 0.223 e. The van der Waals surface area contributed by atoms with Gasteiger partial charge in [-0.25, -0.2) is 17.7 Å². The second-order valence-corrected chi connectivity index (χ2v) is 10.6. The Morgan fingerprint density at radius 1 is 1.06 bits per heavy atom. The van der Waals surface area contributed by atoms with Crippen molar-refractivity contribution in [3.05, 3.63) is 83.4 Å². The van der Waals surface area contributed by atoms with Crippen LogP contribution < -0.4 is 5.32 Å². The fraction of sp³-hybridized carbons (Fsp3) is 0.360. The van der Waals surface area contributed by atoms with Crippen LogP contribution in [-0.2, 0) is 27.1 Å². The highest BCUT2D eigenvalue weighted by molar-refractivity contribution is 7.88. The molecule has 0 unspecified atom stereocenters. The number of imidazole rings is 1. The molecule has 2 aromatic carbocycles. The lowest BCUT2D eigenvalue weighted by atomic mass is 9.97. The number of nitrogens with zero attached hydrogens (tertiary/aromatic N) is 3. The van der Waals surface area contributed by atoms with E-state index in [0.717, 1.165) is 28.2 Å². The highest BCUT2D eigenvalue weighted by atomic mass is 32.2. The van der Waals surface area contributed by atoms with Crippen molar-refractivity contribution in [2.75, 3.05) is 13.1 Å². The summed E-state index contributed by atoms with van der Waals surface area (Å²) in [6.45, 7) is 5.12. The minimum absolute atomic E-state index is 0.000136. The van der Waals surface area contributed by atoms with Crippen molar-refractivity contribution in [2.45, 2.75) is 39.0 Å². The minimum Gasteiger partial charge on any atom is -0.352 e. The quantitative estimate of drug-likeness (QED) is 0.579. The summed E-state index contributed by atoms with van der Waals surface area (Å²) in [6, 6.07) is 15.6. The monoisotopic (exact) mass is 466 g/mol. The molecule has 0 saturated carbocycles. The van der Waals surface area contributed by atoms with Gasteiger partial charge in [0.2, 0.25) is 15.9 Å². The number of nitrogens with one attached hydrogen (secondary N) is 1. The van der Waals surface area contributed by atoms with Crippen molar-refractivity contribution < 1.29 is 13.2 Å². The molecule has 0 radical (unpaired) electrons. The number of piperidine rings is 1. The normalized spacial score (nSPS) is 15.5. The summed E-state index contributed by atoms with van der Waals surface area (Å²) in [5.74, 6) is 0.743. The van der Waals surface area contributed by atoms with Crippen molar-refractivity contribution in [1.29, 1.82) is 0 Å². The largest absolute Gasteiger partial charge is 0.352 e. The Bertz CT molecular complexity index is 1210. The van der Waals surface area contributed by atoms with Crippen LogP contribution in [0.1, 0.15) is 35.4 Å². The predicted molar refractivity (Wildman–Crippen MR) is 128 cm³/mol. The third-order valence-electron chi connectivity index (χ3n) is 6.16. The van der Waals surface area contributed by atoms with E-state index in [-0.39, 0.29) is 17.6 Å². The number of sulfonamides is 1. The third kappa shape index (κ3) is 5.69. The molecule has 1 saturated heterocycles. The number of hydrogen-bond acceptors (Lipinski definition) is 4. The van der Waals surface area contributed by atoms with Crippen LogP contribution in [0.5, 0.6) is 0 Å². The number of carbonyl (C=O) groups excluding carboxylic acids is 1. The fourth-order valence-electron chi connectivity index (χ4n) is 4.26. The molecule has 1 N–H and O–H groups in total. The summed E-state index contributed by atoms with van der Waals surface area (Å²) in [5.41, 5.74) is 3.89. The average Bonchev–Trinajstić information content (AvgIpc) is 3.23. The molecule has 1 aromatic heterocycles. The maximum atomic E-state index is 12.8. The Labute approximate surface area is 195 Å². The Balaban J connectivity index is 1.26. The van der Waals surface area contributed by atoms with Gasteiger partial charge >= 0.3 is 0 Å². The molecule has 0 spiro atoms. The third-order valence-corrected chi connectivity index (χ3v) is 8.01. The molecule has 1 aliphatic rings. The van der Waals surface area contributed by atoms with Crippen molar-refractivity contribution in [3.8, 4) is 5.69 Å². The van der Waals surface area contributed by atoms with Gasteiger partial charge in [-0.1, -0.05) is 42.0 Å². The first kappa shape index (κ1) is 23.2. The van der Waals surface area contributed by atoms with E-state index in [1.165, 1.54) is 4.31 Å². The number of benzene rings is 2. The molecule has 3 aromatic rings. The summed E-state index contributed by atoms with van der Waals surface area (Å²) >= 11 is 0. The molecule has 1 amide bonds. The first-order valence-corrected chi connectivity index (χ1v) is 12.8. The molecule has 0 aliphatic carbocycles. The van der Waals surface area contributed by atoms with E-state index in [2.05, 4.69) is 10.3 Å². The van der Waals surface area contributed by atoms with Crippen molar-refractivity contribution in [2.24, 2.45) is 5.92 Å². The van der Waals surface area contributed by atoms with Gasteiger partial charge in [0.25, 0.3) is 0 Å². The van der Waals surface area contributed by atoms with Crippen LogP contribution in [0.4, 0.5) is 0 Å². The molecule has 0 atom stereocenters. The van der Waals surface area contributed by atoms with Crippen LogP contribution >= 0.6 is 0 Å². The fourth-order valence-corrected chi connectivity index (χ4v) is 5.81. The first-order chi connectivity index (χ1) is 15.8. The summed E-state index contributed by atoms with van der Waals surface area (Å²) in [4.78, 5) is 16.9. The topological polar surface area (TPSA) is 84.3 Å². The molecule has 4 rings (SSSR count). The number of hydrogen-bond donors (Lipinski definition) is 1. The lowest BCUT2D eigenvalue weighted by molar-refractivity contribution is -0.126. The Morgan fingerprint density at radius 2 is 1.79 bits per heavy atom. The van der Waals surface area contributed by atoms with Crippen LogP contribution in [0.3, 0.4) is 0 Å². The van der Waals surface area contributed by atoms with E-state index in [0.29, 0.717) is 32.5 Å². The van der Waals surface area contributed by atoms with Gasteiger partial charge in [0, 0.05) is 43.6 Å². The van der Waals surface area contributed by atoms with Gasteiger partial charge in [-0.05, 0) is 49.9 Å². The van der Waals surface area contributed by atoms with Gasteiger partial charge in [0.05, 0.1) is 5.75 Å². The molecular weight excluding hydrogens is 436 g/mol. The summed E-state index contributed by atoms with van der Waals surface area (Å²) in [5, 5.41) is 3.01. The minimum atomic E-state index is -3.39. The average molecular weight is 467 g/mol. The Morgan fingerprint density at radius 3 is 2.42 bits per heavy atom. The lowest BCUT2D eigenvalue weighted by Gasteiger charge is -2.30. The SMILES string of the molecule is Cc1cccc(CS(=O)(=O)N2CCC(C(=O)NCc3ccc(-n4ccnc4C)cc3)CC2)c1. The standard InChI is InChI=1S/C25H30N4O3S/c1-19-4-3-5-22(16-19)18-33(31,32)28-13-10-23(11-14-28)25(30)27-17-21-6-8-24(9-7-21)29-15-12-26-20(29)2/h3-9,12,15-16,23H,10-11,13-14,17-18H2,1-2H3,(H,27,30). The summed E-state index contributed by atoms with van der Waals surface area (Å²) in [7, 11) is -3.39. The molecule has 1 fully saturated rings. The molecule has 174 valence electrons. The zero-order valence-corrected chi connectivity index (χ0v) is 19.9. The zero-order valence-electron chi connectivity index (χ0n) is 19.1. The number of amides is 1. The smallest absolute Gasteiger partial charge is 0.223 e. The Kier molecular flexibility index (Phi) is 6.95. The lowest BCUT2D eigenvalue weighted by Crippen LogP contribution is -2.43. The number of aromatic nitrogens is 2. The number of carbonyl (C=O) groups is 1. The summed E-state index contributed by atoms with van der Waals surface area (Å²) in [6.07, 6.45) is 4.76. The van der Waals surface area contributed by atoms with E-state index >= 15 is 0 Å². The van der Waals surface area contributed by atoms with Gasteiger partial charge in [-0.3, -0.25) is 4.79 Å². The van der Waals surface area contributed by atoms with Gasteiger partial charge in [-0.2, -0.15) is 0 Å². The van der Waals surface area contributed by atoms with Crippen LogP contribution in [0.15, 0.2) is 60.9 Å². The highest BCUT2D eigenvalue weighted by Gasteiger charge is 2.31. The van der Waals surface area contributed by atoms with E-state index < -0.39 is 10.0 Å². The van der Waals surface area contributed by atoms with Gasteiger partial charge in [-0.15, -0.1) is 0 Å². The number of aryl methyl sites for hydroxylation is 2. The Hall–Kier alpha value is -2.97. The van der Waals surface area contributed by atoms with Crippen molar-refractivity contribution >= 4 is 15.9 Å². The van der Waals surface area contributed by atoms with Crippen LogP contribution in [0, 0.1) is 19.8 Å².